The topological polar surface area (TPSA) is 25.2 Å². The van der Waals surface area contributed by atoms with E-state index in [2.05, 4.69) is 35.2 Å². The van der Waals surface area contributed by atoms with E-state index in [9.17, 15) is 4.79 Å². The minimum Gasteiger partial charge on any atom is -0.372 e. The molecular formula is C26H24N2O. The van der Waals surface area contributed by atoms with Gasteiger partial charge in [-0.3, -0.25) is 9.36 Å². The molecule has 0 amide bonds. The first-order valence-corrected chi connectivity index (χ1v) is 10.4. The van der Waals surface area contributed by atoms with Gasteiger partial charge in [-0.1, -0.05) is 48.5 Å². The Kier molecular flexibility index (Phi) is 4.65. The molecule has 5 rings (SSSR count). The second-order valence-corrected chi connectivity index (χ2v) is 7.69. The summed E-state index contributed by atoms with van der Waals surface area (Å²) in [5.74, 6) is 0. The molecule has 4 aromatic rings. The molecule has 0 atom stereocenters. The van der Waals surface area contributed by atoms with Gasteiger partial charge in [0.2, 0.25) is 0 Å². The summed E-state index contributed by atoms with van der Waals surface area (Å²) in [5.41, 5.74) is 4.15. The van der Waals surface area contributed by atoms with Crippen molar-refractivity contribution < 1.29 is 0 Å². The van der Waals surface area contributed by atoms with Crippen molar-refractivity contribution in [2.75, 3.05) is 18.0 Å². The minimum atomic E-state index is 0.0180. The summed E-state index contributed by atoms with van der Waals surface area (Å²) in [7, 11) is 0. The van der Waals surface area contributed by atoms with Crippen LogP contribution in [0.25, 0.3) is 27.7 Å². The third kappa shape index (κ3) is 3.33. The van der Waals surface area contributed by atoms with E-state index in [-0.39, 0.29) is 5.56 Å². The third-order valence-electron chi connectivity index (χ3n) is 5.83. The van der Waals surface area contributed by atoms with Crippen LogP contribution in [0.15, 0.2) is 89.7 Å². The molecule has 3 aromatic carbocycles. The highest BCUT2D eigenvalue weighted by Crippen LogP contribution is 2.28. The van der Waals surface area contributed by atoms with E-state index in [1.54, 1.807) is 0 Å². The van der Waals surface area contributed by atoms with Crippen LogP contribution in [-0.4, -0.2) is 17.7 Å². The monoisotopic (exact) mass is 380 g/mol. The maximum atomic E-state index is 13.4. The van der Waals surface area contributed by atoms with Gasteiger partial charge in [0.25, 0.3) is 5.56 Å². The summed E-state index contributed by atoms with van der Waals surface area (Å²) in [4.78, 5) is 15.8. The van der Waals surface area contributed by atoms with Gasteiger partial charge in [-0.2, -0.15) is 0 Å². The van der Waals surface area contributed by atoms with Gasteiger partial charge in [0, 0.05) is 29.9 Å². The lowest BCUT2D eigenvalue weighted by molar-refractivity contribution is 0.578. The maximum Gasteiger partial charge on any atom is 0.263 e. The van der Waals surface area contributed by atoms with Gasteiger partial charge in [0.15, 0.2) is 0 Å². The van der Waals surface area contributed by atoms with Crippen LogP contribution in [0.1, 0.15) is 19.3 Å². The zero-order valence-corrected chi connectivity index (χ0v) is 16.4. The lowest BCUT2D eigenvalue weighted by atomic mass is 10.0. The average molecular weight is 380 g/mol. The molecule has 1 saturated heterocycles. The molecule has 0 bridgehead atoms. The molecule has 1 fully saturated rings. The number of nitrogens with zero attached hydrogens (tertiary/aromatic N) is 2. The Morgan fingerprint density at radius 2 is 1.34 bits per heavy atom. The van der Waals surface area contributed by atoms with E-state index >= 15 is 0 Å². The first kappa shape index (κ1) is 17.7. The maximum absolute atomic E-state index is 13.4. The molecule has 2 heterocycles. The molecule has 3 nitrogen and oxygen atoms in total. The van der Waals surface area contributed by atoms with Gasteiger partial charge < -0.3 is 4.90 Å². The van der Waals surface area contributed by atoms with Gasteiger partial charge in [-0.25, -0.2) is 0 Å². The Balaban J connectivity index is 1.66. The minimum absolute atomic E-state index is 0.0180. The number of rotatable bonds is 3. The number of benzene rings is 3. The van der Waals surface area contributed by atoms with Gasteiger partial charge in [0.1, 0.15) is 0 Å². The van der Waals surface area contributed by atoms with Crippen molar-refractivity contribution in [3.05, 3.63) is 95.3 Å². The number of hydrogen-bond donors (Lipinski definition) is 0. The number of piperidine rings is 1. The summed E-state index contributed by atoms with van der Waals surface area (Å²) in [5, 5.41) is 1.71. The summed E-state index contributed by atoms with van der Waals surface area (Å²) in [6.45, 7) is 2.26. The van der Waals surface area contributed by atoms with Crippen molar-refractivity contribution in [1.82, 2.24) is 4.57 Å². The van der Waals surface area contributed by atoms with Crippen molar-refractivity contribution in [3.8, 4) is 16.9 Å². The van der Waals surface area contributed by atoms with Crippen molar-refractivity contribution in [1.29, 1.82) is 0 Å². The molecule has 144 valence electrons. The zero-order chi connectivity index (χ0) is 19.6. The molecule has 0 spiro atoms. The van der Waals surface area contributed by atoms with Gasteiger partial charge >= 0.3 is 0 Å². The van der Waals surface area contributed by atoms with Gasteiger partial charge in [-0.15, -0.1) is 0 Å². The first-order chi connectivity index (χ1) is 14.3. The van der Waals surface area contributed by atoms with E-state index in [1.807, 2.05) is 59.2 Å². The fraction of sp³-hybridized carbons (Fsp3) is 0.192. The highest BCUT2D eigenvalue weighted by atomic mass is 16.1. The Hall–Kier alpha value is -3.33. The SMILES string of the molecule is O=c1c2ccccc2cc(-c2ccc(N3CCCCC3)cc2)n1-c1ccccc1. The average Bonchev–Trinajstić information content (AvgIpc) is 2.80. The molecule has 1 aliphatic heterocycles. The summed E-state index contributed by atoms with van der Waals surface area (Å²) in [6.07, 6.45) is 3.86. The fourth-order valence-corrected chi connectivity index (χ4v) is 4.30. The Morgan fingerprint density at radius 1 is 0.655 bits per heavy atom. The number of para-hydroxylation sites is 1. The van der Waals surface area contributed by atoms with Crippen LogP contribution in [-0.2, 0) is 0 Å². The molecule has 0 saturated carbocycles. The van der Waals surface area contributed by atoms with Crippen LogP contribution in [0, 0.1) is 0 Å². The van der Waals surface area contributed by atoms with E-state index in [1.165, 1.54) is 24.9 Å². The number of anilines is 1. The number of hydrogen-bond acceptors (Lipinski definition) is 2. The summed E-state index contributed by atoms with van der Waals surface area (Å²) >= 11 is 0. The smallest absolute Gasteiger partial charge is 0.263 e. The normalized spacial score (nSPS) is 14.3. The third-order valence-corrected chi connectivity index (χ3v) is 5.83. The molecular weight excluding hydrogens is 356 g/mol. The van der Waals surface area contributed by atoms with Crippen molar-refractivity contribution in [2.24, 2.45) is 0 Å². The van der Waals surface area contributed by atoms with Crippen molar-refractivity contribution in [3.63, 3.8) is 0 Å². The van der Waals surface area contributed by atoms with E-state index < -0.39 is 0 Å². The van der Waals surface area contributed by atoms with E-state index in [4.69, 9.17) is 0 Å². The number of pyridine rings is 1. The van der Waals surface area contributed by atoms with Crippen LogP contribution >= 0.6 is 0 Å². The quantitative estimate of drug-likeness (QED) is 0.459. The van der Waals surface area contributed by atoms with Crippen molar-refractivity contribution >= 4 is 16.5 Å². The van der Waals surface area contributed by atoms with Crippen LogP contribution in [0.2, 0.25) is 0 Å². The first-order valence-electron chi connectivity index (χ1n) is 10.4. The molecule has 0 unspecified atom stereocenters. The van der Waals surface area contributed by atoms with E-state index in [0.717, 1.165) is 40.8 Å². The highest BCUT2D eigenvalue weighted by Gasteiger charge is 2.14. The summed E-state index contributed by atoms with van der Waals surface area (Å²) < 4.78 is 1.83. The predicted octanol–water partition coefficient (Wildman–Crippen LogP) is 5.65. The fourth-order valence-electron chi connectivity index (χ4n) is 4.30. The lowest BCUT2D eigenvalue weighted by Crippen LogP contribution is -2.29. The number of fused-ring (bicyclic) bond motifs is 1. The van der Waals surface area contributed by atoms with Crippen molar-refractivity contribution in [2.45, 2.75) is 19.3 Å². The highest BCUT2D eigenvalue weighted by molar-refractivity contribution is 5.86. The van der Waals surface area contributed by atoms with Gasteiger partial charge in [-0.05, 0) is 66.6 Å². The Bertz CT molecular complexity index is 1190. The molecule has 1 aliphatic rings. The largest absolute Gasteiger partial charge is 0.372 e. The van der Waals surface area contributed by atoms with E-state index in [0.29, 0.717) is 0 Å². The number of aromatic nitrogens is 1. The molecule has 1 aromatic heterocycles. The Labute approximate surface area is 170 Å². The molecule has 29 heavy (non-hydrogen) atoms. The standard InChI is InChI=1S/C26H24N2O/c29-26-24-12-6-5-9-21(24)19-25(28(26)23-10-3-1-4-11-23)20-13-15-22(16-14-20)27-17-7-2-8-18-27/h1,3-6,9-16,19H,2,7-8,17-18H2. The van der Waals surface area contributed by atoms with Crippen LogP contribution in [0.3, 0.4) is 0 Å². The van der Waals surface area contributed by atoms with Crippen LogP contribution < -0.4 is 10.5 Å². The molecule has 0 aliphatic carbocycles. The van der Waals surface area contributed by atoms with Gasteiger partial charge in [0.05, 0.1) is 5.69 Å². The molecule has 0 radical (unpaired) electrons. The van der Waals surface area contributed by atoms with Crippen LogP contribution in [0.4, 0.5) is 5.69 Å². The summed E-state index contributed by atoms with van der Waals surface area (Å²) in [6, 6.07) is 28.5. The predicted molar refractivity (Wildman–Crippen MR) is 121 cm³/mol. The molecule has 0 N–H and O–H groups in total. The molecule has 3 heteroatoms. The zero-order valence-electron chi connectivity index (χ0n) is 16.4. The Morgan fingerprint density at radius 3 is 2.10 bits per heavy atom. The van der Waals surface area contributed by atoms with Crippen LogP contribution in [0.5, 0.6) is 0 Å². The second kappa shape index (κ2) is 7.59. The second-order valence-electron chi connectivity index (χ2n) is 7.69. The lowest BCUT2D eigenvalue weighted by Gasteiger charge is -2.29.